The molecule has 1 nitrogen and oxygen atoms in total. The third-order valence-corrected chi connectivity index (χ3v) is 12.7. The molecule has 0 aliphatic heterocycles. The van der Waals surface area contributed by atoms with Crippen LogP contribution < -0.4 is 4.90 Å². The van der Waals surface area contributed by atoms with E-state index >= 15 is 0 Å². The molecule has 0 aliphatic carbocycles. The minimum absolute atomic E-state index is 1.13. The molecule has 12 aromatic carbocycles. The minimum atomic E-state index is 1.13. The summed E-state index contributed by atoms with van der Waals surface area (Å²) in [5, 5.41) is 14.7. The molecule has 1 heteroatoms. The molecule has 284 valence electrons. The first-order valence-electron chi connectivity index (χ1n) is 21.1. The number of benzene rings is 12. The van der Waals surface area contributed by atoms with Crippen LogP contribution in [0.5, 0.6) is 0 Å². The predicted molar refractivity (Wildman–Crippen MR) is 262 cm³/mol. The summed E-state index contributed by atoms with van der Waals surface area (Å²) in [5.74, 6) is 0. The molecule has 0 unspecified atom stereocenters. The van der Waals surface area contributed by atoms with Crippen LogP contribution in [-0.2, 0) is 0 Å². The number of hydrogen-bond donors (Lipinski definition) is 0. The van der Waals surface area contributed by atoms with E-state index in [1.165, 1.54) is 98.0 Å². The number of nitrogens with zero attached hydrogens (tertiary/aromatic N) is 1. The largest absolute Gasteiger partial charge is 0.309 e. The van der Waals surface area contributed by atoms with Gasteiger partial charge >= 0.3 is 0 Å². The van der Waals surface area contributed by atoms with E-state index in [-0.39, 0.29) is 0 Å². The van der Waals surface area contributed by atoms with Crippen LogP contribution in [-0.4, -0.2) is 0 Å². The summed E-state index contributed by atoms with van der Waals surface area (Å²) in [5.41, 5.74) is 10.8. The van der Waals surface area contributed by atoms with Gasteiger partial charge in [-0.2, -0.15) is 0 Å². The van der Waals surface area contributed by atoms with Crippen molar-refractivity contribution in [2.24, 2.45) is 0 Å². The standard InChI is InChI=1S/C60H39N/c1-4-22-43-40(16-1)19-13-31-46(43)52-34-37-58(55-28-10-7-25-49(52)55)61(59-38-35-53(50-26-8-11-29-56(50)59)47-32-14-20-41-17-2-5-23-44(41)47)60-39-36-54(51-27-9-12-30-57(51)60)48-33-15-21-42-18-3-6-24-45(42)48/h1-39H. The smallest absolute Gasteiger partial charge is 0.0540 e. The average molecular weight is 774 g/mol. The molecule has 12 aromatic rings. The molecule has 0 fully saturated rings. The van der Waals surface area contributed by atoms with Crippen molar-refractivity contribution in [3.8, 4) is 33.4 Å². The van der Waals surface area contributed by atoms with E-state index in [1.54, 1.807) is 0 Å². The van der Waals surface area contributed by atoms with Gasteiger partial charge in [0, 0.05) is 16.2 Å². The number of hydrogen-bond acceptors (Lipinski definition) is 1. The summed E-state index contributed by atoms with van der Waals surface area (Å²) in [6.07, 6.45) is 0. The Morgan fingerprint density at radius 1 is 0.164 bits per heavy atom. The van der Waals surface area contributed by atoms with Gasteiger partial charge in [-0.05, 0) is 100 Å². The molecule has 0 radical (unpaired) electrons. The Kier molecular flexibility index (Phi) is 8.25. The summed E-state index contributed by atoms with van der Waals surface area (Å²) in [7, 11) is 0. The number of rotatable bonds is 6. The lowest BCUT2D eigenvalue weighted by atomic mass is 9.90. The molecular weight excluding hydrogens is 735 g/mol. The van der Waals surface area contributed by atoms with Gasteiger partial charge in [0.05, 0.1) is 17.1 Å². The highest BCUT2D eigenvalue weighted by atomic mass is 15.1. The minimum Gasteiger partial charge on any atom is -0.309 e. The zero-order valence-corrected chi connectivity index (χ0v) is 33.5. The molecule has 0 heterocycles. The Balaban J connectivity index is 1.15. The summed E-state index contributed by atoms with van der Waals surface area (Å²) in [6.45, 7) is 0. The monoisotopic (exact) mass is 773 g/mol. The molecule has 0 amide bonds. The Labute approximate surface area is 355 Å². The van der Waals surface area contributed by atoms with Crippen LogP contribution in [0.15, 0.2) is 237 Å². The molecule has 0 aromatic heterocycles. The second-order valence-corrected chi connectivity index (χ2v) is 15.9. The summed E-state index contributed by atoms with van der Waals surface area (Å²) in [6, 6.07) is 87.0. The van der Waals surface area contributed by atoms with Crippen LogP contribution in [0.4, 0.5) is 17.1 Å². The quantitative estimate of drug-likeness (QED) is 0.163. The van der Waals surface area contributed by atoms with Gasteiger partial charge < -0.3 is 4.90 Å². The Morgan fingerprint density at radius 3 is 0.705 bits per heavy atom. The van der Waals surface area contributed by atoms with Crippen molar-refractivity contribution in [3.63, 3.8) is 0 Å². The molecule has 12 rings (SSSR count). The fourth-order valence-electron chi connectivity index (χ4n) is 9.91. The maximum absolute atomic E-state index is 2.53. The topological polar surface area (TPSA) is 3.24 Å². The van der Waals surface area contributed by atoms with Gasteiger partial charge in [0.2, 0.25) is 0 Å². The van der Waals surface area contributed by atoms with Gasteiger partial charge in [0.25, 0.3) is 0 Å². The first-order chi connectivity index (χ1) is 30.3. The van der Waals surface area contributed by atoms with Gasteiger partial charge in [-0.25, -0.2) is 0 Å². The molecule has 0 spiro atoms. The first-order valence-corrected chi connectivity index (χ1v) is 21.1. The van der Waals surface area contributed by atoms with Gasteiger partial charge in [-0.1, -0.05) is 218 Å². The fraction of sp³-hybridized carbons (Fsp3) is 0. The molecule has 0 saturated heterocycles. The summed E-state index contributed by atoms with van der Waals surface area (Å²) < 4.78 is 0. The SMILES string of the molecule is c1ccc2c(-c3ccc(N(c4ccc(-c5cccc6ccccc56)c5ccccc45)c4ccc(-c5cccc6ccccc56)c5ccccc45)c4ccccc34)cccc2c1. The van der Waals surface area contributed by atoms with Crippen molar-refractivity contribution in [3.05, 3.63) is 237 Å². The summed E-state index contributed by atoms with van der Waals surface area (Å²) >= 11 is 0. The molecule has 0 bridgehead atoms. The maximum Gasteiger partial charge on any atom is 0.0540 e. The van der Waals surface area contributed by atoms with Crippen molar-refractivity contribution < 1.29 is 0 Å². The van der Waals surface area contributed by atoms with Crippen molar-refractivity contribution in [2.45, 2.75) is 0 Å². The average Bonchev–Trinajstić information content (AvgIpc) is 3.33. The predicted octanol–water partition coefficient (Wildman–Crippen LogP) is 17.1. The normalized spacial score (nSPS) is 11.6. The van der Waals surface area contributed by atoms with E-state index < -0.39 is 0 Å². The van der Waals surface area contributed by atoms with E-state index in [2.05, 4.69) is 241 Å². The highest BCUT2D eigenvalue weighted by Crippen LogP contribution is 2.49. The Hall–Kier alpha value is -8.00. The first kappa shape index (κ1) is 35.0. The molecule has 0 N–H and O–H groups in total. The number of anilines is 3. The van der Waals surface area contributed by atoms with Crippen LogP contribution in [0.25, 0.3) is 98.0 Å². The van der Waals surface area contributed by atoms with Crippen LogP contribution in [0, 0.1) is 0 Å². The lowest BCUT2D eigenvalue weighted by Crippen LogP contribution is -2.12. The van der Waals surface area contributed by atoms with Gasteiger partial charge in [-0.15, -0.1) is 0 Å². The zero-order chi connectivity index (χ0) is 40.3. The molecule has 0 atom stereocenters. The lowest BCUT2D eigenvalue weighted by molar-refractivity contribution is 1.33. The molecule has 0 aliphatic rings. The molecule has 0 saturated carbocycles. The van der Waals surface area contributed by atoms with Crippen molar-refractivity contribution in [1.82, 2.24) is 0 Å². The summed E-state index contributed by atoms with van der Waals surface area (Å²) in [4.78, 5) is 2.53. The second-order valence-electron chi connectivity index (χ2n) is 15.9. The lowest BCUT2D eigenvalue weighted by Gasteiger charge is -2.31. The van der Waals surface area contributed by atoms with Crippen molar-refractivity contribution in [2.75, 3.05) is 4.90 Å². The van der Waals surface area contributed by atoms with Crippen LogP contribution in [0.2, 0.25) is 0 Å². The van der Waals surface area contributed by atoms with Crippen molar-refractivity contribution in [1.29, 1.82) is 0 Å². The number of fused-ring (bicyclic) bond motifs is 6. The Morgan fingerprint density at radius 2 is 0.393 bits per heavy atom. The third-order valence-electron chi connectivity index (χ3n) is 12.7. The molecular formula is C60H39N. The fourth-order valence-corrected chi connectivity index (χ4v) is 9.91. The van der Waals surface area contributed by atoms with E-state index in [4.69, 9.17) is 0 Å². The highest BCUT2D eigenvalue weighted by Gasteiger charge is 2.24. The van der Waals surface area contributed by atoms with E-state index in [0.29, 0.717) is 0 Å². The van der Waals surface area contributed by atoms with Crippen molar-refractivity contribution >= 4 is 81.7 Å². The van der Waals surface area contributed by atoms with Gasteiger partial charge in [0.1, 0.15) is 0 Å². The van der Waals surface area contributed by atoms with Crippen LogP contribution in [0.3, 0.4) is 0 Å². The zero-order valence-electron chi connectivity index (χ0n) is 33.5. The van der Waals surface area contributed by atoms with Crippen LogP contribution >= 0.6 is 0 Å². The van der Waals surface area contributed by atoms with E-state index in [1.807, 2.05) is 0 Å². The van der Waals surface area contributed by atoms with E-state index in [9.17, 15) is 0 Å². The maximum atomic E-state index is 2.53. The highest BCUT2D eigenvalue weighted by molar-refractivity contribution is 6.17. The molecule has 61 heavy (non-hydrogen) atoms. The van der Waals surface area contributed by atoms with Gasteiger partial charge in [0.15, 0.2) is 0 Å². The van der Waals surface area contributed by atoms with Gasteiger partial charge in [-0.3, -0.25) is 0 Å². The van der Waals surface area contributed by atoms with Crippen LogP contribution in [0.1, 0.15) is 0 Å². The van der Waals surface area contributed by atoms with E-state index in [0.717, 1.165) is 17.1 Å². The second kappa shape index (κ2) is 14.4. The Bertz CT molecular complexity index is 3270. The third kappa shape index (κ3) is 5.70.